The summed E-state index contributed by atoms with van der Waals surface area (Å²) in [5.41, 5.74) is 0.894. The summed E-state index contributed by atoms with van der Waals surface area (Å²) in [5, 5.41) is 22.5. The quantitative estimate of drug-likeness (QED) is 0.438. The van der Waals surface area contributed by atoms with E-state index in [1.54, 1.807) is 12.1 Å². The van der Waals surface area contributed by atoms with Gasteiger partial charge in [0.1, 0.15) is 6.54 Å². The molecule has 0 amide bonds. The van der Waals surface area contributed by atoms with Crippen LogP contribution in [0, 0.1) is 15.3 Å². The predicted molar refractivity (Wildman–Crippen MR) is 61.5 cm³/mol. The molecule has 1 rings (SSSR count). The Balaban J connectivity index is 2.79. The van der Waals surface area contributed by atoms with Gasteiger partial charge in [0, 0.05) is 17.7 Å². The van der Waals surface area contributed by atoms with Crippen molar-refractivity contribution in [1.29, 1.82) is 0 Å². The first kappa shape index (κ1) is 12.6. The van der Waals surface area contributed by atoms with Gasteiger partial charge in [-0.1, -0.05) is 0 Å². The maximum Gasteiger partial charge on any atom is 0.269 e. The molecule has 88 valence electrons. The van der Waals surface area contributed by atoms with Gasteiger partial charge in [0.15, 0.2) is 0 Å². The molecule has 0 radical (unpaired) electrons. The van der Waals surface area contributed by atoms with E-state index in [-0.39, 0.29) is 10.3 Å². The molecule has 0 aliphatic heterocycles. The number of quaternary nitrogens is 1. The molecule has 1 aromatic rings. The molecule has 16 heavy (non-hydrogen) atoms. The summed E-state index contributed by atoms with van der Waals surface area (Å²) in [4.78, 5) is 10.0. The van der Waals surface area contributed by atoms with Gasteiger partial charge in [0.05, 0.1) is 18.0 Å². The van der Waals surface area contributed by atoms with Crippen LogP contribution in [-0.4, -0.2) is 22.7 Å². The van der Waals surface area contributed by atoms with Gasteiger partial charge in [-0.05, 0) is 26.0 Å². The minimum Gasteiger partial charge on any atom is -0.633 e. The minimum atomic E-state index is -0.442. The van der Waals surface area contributed by atoms with Crippen molar-refractivity contribution in [3.8, 4) is 0 Å². The predicted octanol–water partition coefficient (Wildman–Crippen LogP) is 2.45. The van der Waals surface area contributed by atoms with E-state index in [4.69, 9.17) is 0 Å². The summed E-state index contributed by atoms with van der Waals surface area (Å²) in [6.07, 6.45) is 0. The van der Waals surface area contributed by atoms with Crippen LogP contribution in [0.1, 0.15) is 19.4 Å². The summed E-state index contributed by atoms with van der Waals surface area (Å²) in [5.74, 6) is 0. The third-order valence-corrected chi connectivity index (χ3v) is 2.77. The lowest BCUT2D eigenvalue weighted by Crippen LogP contribution is -2.40. The lowest BCUT2D eigenvalue weighted by atomic mass is 10.2. The Kier molecular flexibility index (Phi) is 3.98. The molecule has 0 saturated heterocycles. The summed E-state index contributed by atoms with van der Waals surface area (Å²) in [6, 6.07) is 6.17. The number of nitro benzene ring substituents is 1. The molecular weight excluding hydrogens is 208 g/mol. The van der Waals surface area contributed by atoms with Gasteiger partial charge in [-0.2, -0.15) is 0 Å². The second-order valence-electron chi connectivity index (χ2n) is 3.77. The van der Waals surface area contributed by atoms with E-state index in [9.17, 15) is 15.3 Å². The Morgan fingerprint density at radius 3 is 2.06 bits per heavy atom. The second kappa shape index (κ2) is 5.05. The van der Waals surface area contributed by atoms with E-state index in [2.05, 4.69) is 0 Å². The summed E-state index contributed by atoms with van der Waals surface area (Å²) < 4.78 is -0.294. The Morgan fingerprint density at radius 2 is 1.69 bits per heavy atom. The number of hydrogen-bond acceptors (Lipinski definition) is 3. The zero-order chi connectivity index (χ0) is 12.2. The smallest absolute Gasteiger partial charge is 0.269 e. The molecule has 0 saturated carbocycles. The normalized spacial score (nSPS) is 11.4. The van der Waals surface area contributed by atoms with Crippen LogP contribution in [0.25, 0.3) is 0 Å². The molecule has 5 nitrogen and oxygen atoms in total. The van der Waals surface area contributed by atoms with Crippen molar-refractivity contribution >= 4 is 5.69 Å². The van der Waals surface area contributed by atoms with Crippen LogP contribution in [0.15, 0.2) is 24.3 Å². The fraction of sp³-hybridized carbons (Fsp3) is 0.455. The molecule has 0 aromatic heterocycles. The standard InChI is InChI=1S/C11H16N2O3/c1-3-13(16,4-2)9-10-5-7-11(8-6-10)12(14)15/h5-8H,3-4,9H2,1-2H3. The van der Waals surface area contributed by atoms with Crippen LogP contribution in [0.3, 0.4) is 0 Å². The average molecular weight is 224 g/mol. The lowest BCUT2D eigenvalue weighted by Gasteiger charge is -2.41. The van der Waals surface area contributed by atoms with Crippen molar-refractivity contribution in [3.05, 3.63) is 45.2 Å². The Labute approximate surface area is 94.6 Å². The first-order valence-corrected chi connectivity index (χ1v) is 5.31. The second-order valence-corrected chi connectivity index (χ2v) is 3.77. The van der Waals surface area contributed by atoms with E-state index < -0.39 is 4.92 Å². The molecule has 5 heteroatoms. The van der Waals surface area contributed by atoms with Gasteiger partial charge in [-0.3, -0.25) is 10.1 Å². The molecule has 0 heterocycles. The molecule has 0 aliphatic carbocycles. The number of nitro groups is 1. The average Bonchev–Trinajstić information content (AvgIpc) is 2.29. The molecule has 0 spiro atoms. The largest absolute Gasteiger partial charge is 0.633 e. The van der Waals surface area contributed by atoms with Crippen LogP contribution < -0.4 is 0 Å². The van der Waals surface area contributed by atoms with Crippen LogP contribution >= 0.6 is 0 Å². The van der Waals surface area contributed by atoms with E-state index >= 15 is 0 Å². The van der Waals surface area contributed by atoms with Gasteiger partial charge in [0.25, 0.3) is 5.69 Å². The summed E-state index contributed by atoms with van der Waals surface area (Å²) in [7, 11) is 0. The highest BCUT2D eigenvalue weighted by Crippen LogP contribution is 2.16. The van der Waals surface area contributed by atoms with Gasteiger partial charge in [-0.25, -0.2) is 0 Å². The third-order valence-electron chi connectivity index (χ3n) is 2.77. The Morgan fingerprint density at radius 1 is 1.19 bits per heavy atom. The third kappa shape index (κ3) is 3.01. The highest BCUT2D eigenvalue weighted by atomic mass is 16.6. The van der Waals surface area contributed by atoms with E-state index in [1.165, 1.54) is 12.1 Å². The van der Waals surface area contributed by atoms with E-state index in [0.29, 0.717) is 19.6 Å². The monoisotopic (exact) mass is 224 g/mol. The van der Waals surface area contributed by atoms with E-state index in [1.807, 2.05) is 13.8 Å². The van der Waals surface area contributed by atoms with Crippen LogP contribution in [0.2, 0.25) is 0 Å². The minimum absolute atomic E-state index is 0.0562. The van der Waals surface area contributed by atoms with Crippen molar-refractivity contribution in [2.45, 2.75) is 20.4 Å². The van der Waals surface area contributed by atoms with Crippen LogP contribution in [0.5, 0.6) is 0 Å². The van der Waals surface area contributed by atoms with Crippen molar-refractivity contribution in [2.75, 3.05) is 13.1 Å². The Bertz CT molecular complexity index is 358. The van der Waals surface area contributed by atoms with Gasteiger partial charge < -0.3 is 9.85 Å². The summed E-state index contributed by atoms with van der Waals surface area (Å²) >= 11 is 0. The Hall–Kier alpha value is -1.46. The first-order chi connectivity index (χ1) is 7.50. The maximum absolute atomic E-state index is 12.0. The highest BCUT2D eigenvalue weighted by molar-refractivity contribution is 5.32. The van der Waals surface area contributed by atoms with Gasteiger partial charge in [-0.15, -0.1) is 0 Å². The zero-order valence-electron chi connectivity index (χ0n) is 9.55. The molecule has 0 unspecified atom stereocenters. The lowest BCUT2D eigenvalue weighted by molar-refractivity contribution is -0.890. The highest BCUT2D eigenvalue weighted by Gasteiger charge is 2.13. The molecule has 0 fully saturated rings. The first-order valence-electron chi connectivity index (χ1n) is 5.31. The van der Waals surface area contributed by atoms with Gasteiger partial charge >= 0.3 is 0 Å². The van der Waals surface area contributed by atoms with E-state index in [0.717, 1.165) is 5.56 Å². The SMILES string of the molecule is CC[N+]([O-])(CC)Cc1ccc([N+](=O)[O-])cc1. The number of hydroxylamine groups is 3. The maximum atomic E-state index is 12.0. The topological polar surface area (TPSA) is 66.2 Å². The number of nitrogens with zero attached hydrogens (tertiary/aromatic N) is 2. The van der Waals surface area contributed by atoms with Gasteiger partial charge in [0.2, 0.25) is 0 Å². The van der Waals surface area contributed by atoms with Crippen molar-refractivity contribution in [3.63, 3.8) is 0 Å². The summed E-state index contributed by atoms with van der Waals surface area (Å²) in [6.45, 7) is 5.08. The van der Waals surface area contributed by atoms with Crippen LogP contribution in [-0.2, 0) is 6.54 Å². The number of hydrogen-bond donors (Lipinski definition) is 0. The van der Waals surface area contributed by atoms with Crippen LogP contribution in [0.4, 0.5) is 5.69 Å². The molecule has 0 aliphatic rings. The number of non-ortho nitro benzene ring substituents is 1. The van der Waals surface area contributed by atoms with Crippen molar-refractivity contribution < 1.29 is 9.57 Å². The fourth-order valence-corrected chi connectivity index (χ4v) is 1.50. The molecule has 0 atom stereocenters. The van der Waals surface area contributed by atoms with Crippen molar-refractivity contribution in [1.82, 2.24) is 0 Å². The molecule has 0 N–H and O–H groups in total. The number of benzene rings is 1. The fourth-order valence-electron chi connectivity index (χ4n) is 1.50. The molecular formula is C11H16N2O3. The molecule has 0 bridgehead atoms. The van der Waals surface area contributed by atoms with Crippen molar-refractivity contribution in [2.24, 2.45) is 0 Å². The number of rotatable bonds is 5. The molecule has 1 aromatic carbocycles. The zero-order valence-corrected chi connectivity index (χ0v) is 9.55.